The molecule has 0 aliphatic rings. The van der Waals surface area contributed by atoms with Crippen LogP contribution in [0.4, 0.5) is 5.13 Å². The number of nitrogens with one attached hydrogen (secondary N) is 2. The van der Waals surface area contributed by atoms with E-state index in [1.807, 2.05) is 36.4 Å². The normalized spacial score (nSPS) is 10.8. The highest BCUT2D eigenvalue weighted by molar-refractivity contribution is 7.13. The Kier molecular flexibility index (Phi) is 11.8. The van der Waals surface area contributed by atoms with Crippen molar-refractivity contribution in [3.63, 3.8) is 0 Å². The van der Waals surface area contributed by atoms with Crippen molar-refractivity contribution in [3.8, 4) is 5.75 Å². The number of anilines is 1. The van der Waals surface area contributed by atoms with Gasteiger partial charge in [0.25, 0.3) is 5.91 Å². The second-order valence-electron chi connectivity index (χ2n) is 9.83. The summed E-state index contributed by atoms with van der Waals surface area (Å²) in [6.45, 7) is 0.866. The van der Waals surface area contributed by atoms with Gasteiger partial charge in [0.2, 0.25) is 11.8 Å². The summed E-state index contributed by atoms with van der Waals surface area (Å²) in [5, 5.41) is 7.86. The summed E-state index contributed by atoms with van der Waals surface area (Å²) < 4.78 is 10.3. The first-order valence-electron chi connectivity index (χ1n) is 14.0. The van der Waals surface area contributed by atoms with Gasteiger partial charge in [-0.25, -0.2) is 4.98 Å². The van der Waals surface area contributed by atoms with E-state index in [0.717, 1.165) is 6.42 Å². The lowest BCUT2D eigenvalue weighted by Gasteiger charge is -2.21. The number of carbonyl (C=O) groups is 3. The molecular weight excluding hydrogens is 564 g/mol. The molecule has 0 atom stereocenters. The summed E-state index contributed by atoms with van der Waals surface area (Å²) in [6.07, 6.45) is 0.858. The Hall–Kier alpha value is -4.54. The Morgan fingerprint density at radius 1 is 0.884 bits per heavy atom. The van der Waals surface area contributed by atoms with Gasteiger partial charge in [0.15, 0.2) is 5.13 Å². The van der Waals surface area contributed by atoms with Gasteiger partial charge in [-0.15, -0.1) is 11.3 Å². The number of ether oxygens (including phenoxy) is 2. The van der Waals surface area contributed by atoms with Gasteiger partial charge in [0.1, 0.15) is 12.3 Å². The van der Waals surface area contributed by atoms with Crippen LogP contribution in [-0.2, 0) is 20.7 Å². The smallest absolute Gasteiger partial charge is 0.254 e. The van der Waals surface area contributed by atoms with Crippen LogP contribution in [0.25, 0.3) is 0 Å². The second kappa shape index (κ2) is 16.2. The van der Waals surface area contributed by atoms with E-state index in [4.69, 9.17) is 9.47 Å². The van der Waals surface area contributed by atoms with Crippen molar-refractivity contribution in [2.75, 3.05) is 45.8 Å². The molecule has 0 aliphatic carbocycles. The monoisotopic (exact) mass is 600 g/mol. The van der Waals surface area contributed by atoms with E-state index >= 15 is 0 Å². The third-order valence-corrected chi connectivity index (χ3v) is 7.63. The highest BCUT2D eigenvalue weighted by Crippen LogP contribution is 2.27. The number of aromatic nitrogens is 1. The number of benzene rings is 3. The molecule has 0 saturated carbocycles. The zero-order valence-electron chi connectivity index (χ0n) is 24.3. The lowest BCUT2D eigenvalue weighted by Crippen LogP contribution is -2.40. The SMILES string of the molecule is COCCN(CC(=O)Nc1nc(CC(=O)NCCC(c2ccccc2)c2ccccc2)cs1)C(=O)c1ccc(OC)cc1. The number of hydrogen-bond donors (Lipinski definition) is 2. The zero-order valence-corrected chi connectivity index (χ0v) is 25.1. The molecule has 224 valence electrons. The Balaban J connectivity index is 1.28. The van der Waals surface area contributed by atoms with Gasteiger partial charge in [0, 0.05) is 37.1 Å². The maximum absolute atomic E-state index is 13.0. The van der Waals surface area contributed by atoms with Crippen LogP contribution in [0.2, 0.25) is 0 Å². The zero-order chi connectivity index (χ0) is 30.4. The Morgan fingerprint density at radius 3 is 2.14 bits per heavy atom. The summed E-state index contributed by atoms with van der Waals surface area (Å²) in [6, 6.07) is 27.2. The van der Waals surface area contributed by atoms with Crippen LogP contribution >= 0.6 is 11.3 Å². The molecule has 43 heavy (non-hydrogen) atoms. The van der Waals surface area contributed by atoms with Crippen LogP contribution in [0.5, 0.6) is 5.75 Å². The standard InChI is InChI=1S/C33H36N4O5S/c1-41-20-19-37(32(40)26-13-15-28(42-2)16-14-26)22-31(39)36-33-35-27(23-43-33)21-30(38)34-18-17-29(24-9-5-3-6-10-24)25-11-7-4-8-12-25/h3-16,23,29H,17-22H2,1-2H3,(H,34,38)(H,35,36,39). The highest BCUT2D eigenvalue weighted by Gasteiger charge is 2.20. The molecule has 3 aromatic carbocycles. The molecule has 10 heteroatoms. The Labute approximate surface area is 255 Å². The van der Waals surface area contributed by atoms with E-state index in [9.17, 15) is 14.4 Å². The van der Waals surface area contributed by atoms with E-state index in [1.54, 1.807) is 36.8 Å². The predicted octanol–water partition coefficient (Wildman–Crippen LogP) is 4.76. The summed E-state index contributed by atoms with van der Waals surface area (Å²) in [5.41, 5.74) is 3.40. The quantitative estimate of drug-likeness (QED) is 0.204. The molecule has 0 spiro atoms. The molecule has 0 saturated heterocycles. The Morgan fingerprint density at radius 2 is 1.53 bits per heavy atom. The van der Waals surface area contributed by atoms with E-state index < -0.39 is 5.91 Å². The molecular formula is C33H36N4O5S. The third kappa shape index (κ3) is 9.49. The summed E-state index contributed by atoms with van der Waals surface area (Å²) in [7, 11) is 3.09. The molecule has 0 fully saturated rings. The minimum absolute atomic E-state index is 0.101. The van der Waals surface area contributed by atoms with Gasteiger partial charge in [-0.1, -0.05) is 60.7 Å². The van der Waals surface area contributed by atoms with Crippen molar-refractivity contribution in [2.24, 2.45) is 0 Å². The number of amides is 3. The van der Waals surface area contributed by atoms with Crippen molar-refractivity contribution in [3.05, 3.63) is 113 Å². The fourth-order valence-corrected chi connectivity index (χ4v) is 5.35. The van der Waals surface area contributed by atoms with Gasteiger partial charge in [0.05, 0.1) is 25.8 Å². The average Bonchev–Trinajstić information content (AvgIpc) is 3.47. The lowest BCUT2D eigenvalue weighted by atomic mass is 9.88. The molecule has 4 rings (SSSR count). The minimum Gasteiger partial charge on any atom is -0.497 e. The molecule has 0 aliphatic heterocycles. The van der Waals surface area contributed by atoms with E-state index in [0.29, 0.717) is 28.7 Å². The van der Waals surface area contributed by atoms with Crippen LogP contribution in [0.15, 0.2) is 90.3 Å². The second-order valence-corrected chi connectivity index (χ2v) is 10.7. The van der Waals surface area contributed by atoms with Crippen LogP contribution in [0.3, 0.4) is 0 Å². The van der Waals surface area contributed by atoms with Crippen molar-refractivity contribution >= 4 is 34.2 Å². The van der Waals surface area contributed by atoms with Gasteiger partial charge in [-0.3, -0.25) is 14.4 Å². The maximum Gasteiger partial charge on any atom is 0.254 e. The predicted molar refractivity (Wildman–Crippen MR) is 168 cm³/mol. The number of carbonyl (C=O) groups excluding carboxylic acids is 3. The van der Waals surface area contributed by atoms with E-state index in [1.165, 1.54) is 34.5 Å². The van der Waals surface area contributed by atoms with E-state index in [2.05, 4.69) is 39.9 Å². The van der Waals surface area contributed by atoms with Crippen molar-refractivity contribution in [2.45, 2.75) is 18.8 Å². The lowest BCUT2D eigenvalue weighted by molar-refractivity contribution is -0.120. The fourth-order valence-electron chi connectivity index (χ4n) is 4.63. The molecule has 2 N–H and O–H groups in total. The van der Waals surface area contributed by atoms with Gasteiger partial charge < -0.3 is 25.0 Å². The topological polar surface area (TPSA) is 110 Å². The molecule has 4 aromatic rings. The number of methoxy groups -OCH3 is 2. The average molecular weight is 601 g/mol. The first kappa shape index (κ1) is 31.4. The number of nitrogens with zero attached hydrogens (tertiary/aromatic N) is 2. The molecule has 0 bridgehead atoms. The van der Waals surface area contributed by atoms with Gasteiger partial charge in [-0.05, 0) is 41.8 Å². The number of thiazole rings is 1. The van der Waals surface area contributed by atoms with Crippen molar-refractivity contribution < 1.29 is 23.9 Å². The molecule has 1 aromatic heterocycles. The van der Waals surface area contributed by atoms with Crippen LogP contribution in [0, 0.1) is 0 Å². The van der Waals surface area contributed by atoms with Crippen LogP contribution in [0.1, 0.15) is 39.5 Å². The molecule has 1 heterocycles. The van der Waals surface area contributed by atoms with Crippen LogP contribution in [-0.4, -0.2) is 68.1 Å². The third-order valence-electron chi connectivity index (χ3n) is 6.82. The highest BCUT2D eigenvalue weighted by atomic mass is 32.1. The molecule has 0 radical (unpaired) electrons. The van der Waals surface area contributed by atoms with Crippen molar-refractivity contribution in [1.29, 1.82) is 0 Å². The maximum atomic E-state index is 13.0. The largest absolute Gasteiger partial charge is 0.497 e. The first-order valence-corrected chi connectivity index (χ1v) is 14.9. The number of rotatable bonds is 15. The van der Waals surface area contributed by atoms with E-state index in [-0.39, 0.29) is 43.8 Å². The molecule has 3 amide bonds. The minimum atomic E-state index is -0.392. The first-order chi connectivity index (χ1) is 21.0. The molecule has 0 unspecified atom stereocenters. The Bertz CT molecular complexity index is 1420. The summed E-state index contributed by atoms with van der Waals surface area (Å²) in [5.74, 6) is -0.0263. The molecule has 9 nitrogen and oxygen atoms in total. The summed E-state index contributed by atoms with van der Waals surface area (Å²) >= 11 is 1.23. The summed E-state index contributed by atoms with van der Waals surface area (Å²) in [4.78, 5) is 44.4. The number of hydrogen-bond acceptors (Lipinski definition) is 7. The van der Waals surface area contributed by atoms with Gasteiger partial charge >= 0.3 is 0 Å². The fraction of sp³-hybridized carbons (Fsp3) is 0.273. The van der Waals surface area contributed by atoms with Crippen LogP contribution < -0.4 is 15.4 Å². The van der Waals surface area contributed by atoms with Gasteiger partial charge in [-0.2, -0.15) is 0 Å². The van der Waals surface area contributed by atoms with Crippen molar-refractivity contribution in [1.82, 2.24) is 15.2 Å².